The number of aryl methyl sites for hydroxylation is 1. The van der Waals surface area contributed by atoms with Crippen molar-refractivity contribution in [3.8, 4) is 0 Å². The lowest BCUT2D eigenvalue weighted by molar-refractivity contribution is 0.735. The van der Waals surface area contributed by atoms with Crippen LogP contribution < -0.4 is 0 Å². The lowest BCUT2D eigenvalue weighted by atomic mass is 10.2. The number of hydrogen-bond donors (Lipinski definition) is 0. The first-order valence-electron chi connectivity index (χ1n) is 2.94. The molecular formula is C5H10N3P. The van der Waals surface area contributed by atoms with Gasteiger partial charge >= 0.3 is 0 Å². The summed E-state index contributed by atoms with van der Waals surface area (Å²) < 4.78 is 1.81. The van der Waals surface area contributed by atoms with Crippen molar-refractivity contribution >= 4 is 8.35 Å². The van der Waals surface area contributed by atoms with E-state index in [2.05, 4.69) is 24.2 Å². The van der Waals surface area contributed by atoms with Crippen LogP contribution in [0.3, 0.4) is 0 Å². The zero-order valence-corrected chi connectivity index (χ0v) is 6.76. The standard InChI is InChI=1S/C5H10N3P/c1-4(2)5-6-7-8(3)9-5/h4H,1-3H3. The van der Waals surface area contributed by atoms with Gasteiger partial charge < -0.3 is 0 Å². The molecule has 0 saturated heterocycles. The van der Waals surface area contributed by atoms with E-state index < -0.39 is 0 Å². The summed E-state index contributed by atoms with van der Waals surface area (Å²) in [6.45, 7) is 4.25. The summed E-state index contributed by atoms with van der Waals surface area (Å²) in [4.78, 5) is 0. The third-order valence-corrected chi connectivity index (χ3v) is 2.22. The Balaban J connectivity index is 2.85. The topological polar surface area (TPSA) is 30.7 Å². The molecule has 0 amide bonds. The molecule has 0 atom stereocenters. The Kier molecular flexibility index (Phi) is 1.81. The minimum absolute atomic E-state index is 0.528. The average Bonchev–Trinajstić information content (AvgIpc) is 2.14. The Morgan fingerprint density at radius 3 is 2.44 bits per heavy atom. The van der Waals surface area contributed by atoms with Crippen LogP contribution in [0.15, 0.2) is 0 Å². The van der Waals surface area contributed by atoms with E-state index in [9.17, 15) is 0 Å². The molecule has 0 bridgehead atoms. The maximum Gasteiger partial charge on any atom is 0.113 e. The van der Waals surface area contributed by atoms with Crippen LogP contribution in [0.2, 0.25) is 0 Å². The van der Waals surface area contributed by atoms with Gasteiger partial charge in [-0.3, -0.25) is 0 Å². The van der Waals surface area contributed by atoms with Crippen molar-refractivity contribution in [3.63, 3.8) is 0 Å². The lowest BCUT2D eigenvalue weighted by Gasteiger charge is -1.92. The fraction of sp³-hybridized carbons (Fsp3) is 0.800. The van der Waals surface area contributed by atoms with Crippen LogP contribution >= 0.6 is 8.35 Å². The van der Waals surface area contributed by atoms with Gasteiger partial charge in [-0.2, -0.15) is 0 Å². The van der Waals surface area contributed by atoms with Gasteiger partial charge in [0, 0.05) is 13.0 Å². The summed E-state index contributed by atoms with van der Waals surface area (Å²) >= 11 is 0. The zero-order chi connectivity index (χ0) is 6.85. The molecule has 0 fully saturated rings. The predicted octanol–water partition coefficient (Wildman–Crippen LogP) is 1.52. The molecule has 0 radical (unpaired) electrons. The minimum atomic E-state index is 0.528. The van der Waals surface area contributed by atoms with Gasteiger partial charge in [0.15, 0.2) is 0 Å². The molecule has 0 spiro atoms. The second-order valence-corrected chi connectivity index (χ2v) is 3.53. The zero-order valence-electron chi connectivity index (χ0n) is 5.87. The smallest absolute Gasteiger partial charge is 0.113 e. The normalized spacial score (nSPS) is 11.6. The summed E-state index contributed by atoms with van der Waals surface area (Å²) in [5.41, 5.74) is 1.15. The molecule has 0 aliphatic rings. The highest BCUT2D eigenvalue weighted by Crippen LogP contribution is 2.18. The second kappa shape index (κ2) is 2.44. The molecule has 0 saturated carbocycles. The Morgan fingerprint density at radius 2 is 2.22 bits per heavy atom. The summed E-state index contributed by atoms with van der Waals surface area (Å²) in [6.07, 6.45) is 0. The van der Waals surface area contributed by atoms with E-state index in [1.165, 1.54) is 0 Å². The van der Waals surface area contributed by atoms with Crippen LogP contribution in [0.5, 0.6) is 0 Å². The quantitative estimate of drug-likeness (QED) is 0.596. The fourth-order valence-electron chi connectivity index (χ4n) is 0.530. The van der Waals surface area contributed by atoms with Gasteiger partial charge in [-0.25, -0.2) is 4.44 Å². The van der Waals surface area contributed by atoms with Crippen molar-refractivity contribution in [2.45, 2.75) is 19.8 Å². The van der Waals surface area contributed by atoms with Crippen LogP contribution in [0.1, 0.15) is 25.2 Å². The molecular weight excluding hydrogens is 133 g/mol. The molecule has 0 aromatic carbocycles. The summed E-state index contributed by atoms with van der Waals surface area (Å²) in [5, 5.41) is 7.82. The summed E-state index contributed by atoms with van der Waals surface area (Å²) in [5.74, 6) is 0.528. The lowest BCUT2D eigenvalue weighted by Crippen LogP contribution is -1.85. The van der Waals surface area contributed by atoms with E-state index in [-0.39, 0.29) is 0 Å². The van der Waals surface area contributed by atoms with Crippen molar-refractivity contribution in [3.05, 3.63) is 5.43 Å². The van der Waals surface area contributed by atoms with Gasteiger partial charge in [0.1, 0.15) is 5.43 Å². The molecule has 0 unspecified atom stereocenters. The van der Waals surface area contributed by atoms with Gasteiger partial charge in [0.05, 0.1) is 8.35 Å². The Morgan fingerprint density at radius 1 is 1.56 bits per heavy atom. The highest BCUT2D eigenvalue weighted by molar-refractivity contribution is 7.26. The number of aromatic nitrogens is 3. The SMILES string of the molecule is CC(C)c1nnn(C)p1. The monoisotopic (exact) mass is 143 g/mol. The highest BCUT2D eigenvalue weighted by Gasteiger charge is 2.02. The number of nitrogens with zero attached hydrogens (tertiary/aromatic N) is 3. The molecule has 1 rings (SSSR count). The first-order valence-corrected chi connectivity index (χ1v) is 3.79. The van der Waals surface area contributed by atoms with E-state index in [0.29, 0.717) is 5.92 Å². The predicted molar refractivity (Wildman–Crippen MR) is 37.6 cm³/mol. The Hall–Kier alpha value is -0.430. The van der Waals surface area contributed by atoms with Gasteiger partial charge in [-0.15, -0.1) is 5.10 Å². The summed E-state index contributed by atoms with van der Waals surface area (Å²) in [7, 11) is 3.05. The van der Waals surface area contributed by atoms with Crippen molar-refractivity contribution in [1.82, 2.24) is 14.8 Å². The molecule has 50 valence electrons. The molecule has 1 heterocycles. The van der Waals surface area contributed by atoms with Crippen molar-refractivity contribution in [1.29, 1.82) is 0 Å². The Labute approximate surface area is 56.2 Å². The van der Waals surface area contributed by atoms with Gasteiger partial charge in [0.25, 0.3) is 0 Å². The van der Waals surface area contributed by atoms with Gasteiger partial charge in [-0.1, -0.05) is 19.1 Å². The maximum atomic E-state index is 3.97. The van der Waals surface area contributed by atoms with Crippen molar-refractivity contribution < 1.29 is 0 Å². The third kappa shape index (κ3) is 1.49. The van der Waals surface area contributed by atoms with Crippen LogP contribution in [-0.4, -0.2) is 14.8 Å². The van der Waals surface area contributed by atoms with E-state index in [1.54, 1.807) is 0 Å². The second-order valence-electron chi connectivity index (χ2n) is 2.29. The average molecular weight is 143 g/mol. The molecule has 0 aliphatic heterocycles. The fourth-order valence-corrected chi connectivity index (χ4v) is 1.22. The molecule has 9 heavy (non-hydrogen) atoms. The van der Waals surface area contributed by atoms with Crippen LogP contribution in [-0.2, 0) is 7.05 Å². The highest BCUT2D eigenvalue weighted by atomic mass is 31.0. The van der Waals surface area contributed by atoms with E-state index >= 15 is 0 Å². The van der Waals surface area contributed by atoms with E-state index in [1.807, 2.05) is 11.5 Å². The Bertz CT molecular complexity index is 194. The summed E-state index contributed by atoms with van der Waals surface area (Å²) in [6, 6.07) is 0. The molecule has 1 aromatic rings. The van der Waals surface area contributed by atoms with Crippen molar-refractivity contribution in [2.75, 3.05) is 0 Å². The maximum absolute atomic E-state index is 3.97. The van der Waals surface area contributed by atoms with Gasteiger partial charge in [0.2, 0.25) is 0 Å². The largest absolute Gasteiger partial charge is 0.230 e. The van der Waals surface area contributed by atoms with Crippen LogP contribution in [0.25, 0.3) is 0 Å². The molecule has 0 aliphatic carbocycles. The van der Waals surface area contributed by atoms with Crippen LogP contribution in [0, 0.1) is 0 Å². The third-order valence-electron chi connectivity index (χ3n) is 1.04. The number of hydrogen-bond acceptors (Lipinski definition) is 2. The molecule has 3 nitrogen and oxygen atoms in total. The van der Waals surface area contributed by atoms with Crippen molar-refractivity contribution in [2.24, 2.45) is 7.05 Å². The molecule has 1 aromatic heterocycles. The minimum Gasteiger partial charge on any atom is -0.230 e. The van der Waals surface area contributed by atoms with Crippen LogP contribution in [0.4, 0.5) is 0 Å². The molecule has 4 heteroatoms. The van der Waals surface area contributed by atoms with E-state index in [4.69, 9.17) is 0 Å². The van der Waals surface area contributed by atoms with Gasteiger partial charge in [-0.05, 0) is 0 Å². The number of rotatable bonds is 1. The first kappa shape index (κ1) is 6.69. The molecule has 0 N–H and O–H groups in total. The van der Waals surface area contributed by atoms with E-state index in [0.717, 1.165) is 13.8 Å². The first-order chi connectivity index (χ1) is 4.20.